The molecule has 0 aliphatic carbocycles. The number of ketones is 1. The molecule has 0 aliphatic heterocycles. The van der Waals surface area contributed by atoms with Gasteiger partial charge in [0.15, 0.2) is 5.78 Å². The van der Waals surface area contributed by atoms with Crippen LogP contribution in [0, 0.1) is 12.7 Å². The number of halogens is 1. The lowest BCUT2D eigenvalue weighted by Gasteiger charge is -2.02. The smallest absolute Gasteiger partial charge is 0.162 e. The first-order chi connectivity index (χ1) is 7.15. The van der Waals surface area contributed by atoms with Gasteiger partial charge in [-0.05, 0) is 43.5 Å². The van der Waals surface area contributed by atoms with Crippen LogP contribution in [0.3, 0.4) is 0 Å². The number of unbranched alkanes of at least 4 members (excludes halogenated alkanes) is 1. The number of carbonyl (C=O) groups is 1. The Kier molecular flexibility index (Phi) is 4.22. The Morgan fingerprint density at radius 3 is 2.87 bits per heavy atom. The van der Waals surface area contributed by atoms with Crippen molar-refractivity contribution in [2.75, 3.05) is 0 Å². The van der Waals surface area contributed by atoms with Crippen LogP contribution in [0.25, 0.3) is 0 Å². The zero-order valence-corrected chi connectivity index (χ0v) is 8.92. The van der Waals surface area contributed by atoms with Crippen molar-refractivity contribution >= 4 is 5.78 Å². The molecule has 1 nitrogen and oxygen atoms in total. The van der Waals surface area contributed by atoms with E-state index >= 15 is 0 Å². The lowest BCUT2D eigenvalue weighted by molar-refractivity contribution is 0.0980. The minimum atomic E-state index is -0.266. The van der Waals surface area contributed by atoms with Gasteiger partial charge in [0.05, 0.1) is 0 Å². The van der Waals surface area contributed by atoms with E-state index in [1.165, 1.54) is 6.07 Å². The SMILES string of the molecule is C=CCCCC(=O)c1ccc(F)c(C)c1. The summed E-state index contributed by atoms with van der Waals surface area (Å²) in [6, 6.07) is 4.49. The molecule has 0 aromatic heterocycles. The quantitative estimate of drug-likeness (QED) is 0.408. The summed E-state index contributed by atoms with van der Waals surface area (Å²) in [4.78, 5) is 11.6. The lowest BCUT2D eigenvalue weighted by Crippen LogP contribution is -1.99. The molecule has 0 unspecified atom stereocenters. The van der Waals surface area contributed by atoms with E-state index in [1.807, 2.05) is 0 Å². The van der Waals surface area contributed by atoms with Crippen molar-refractivity contribution in [3.63, 3.8) is 0 Å². The summed E-state index contributed by atoms with van der Waals surface area (Å²) in [5.41, 5.74) is 1.11. The molecular weight excluding hydrogens is 191 g/mol. The third kappa shape index (κ3) is 3.31. The highest BCUT2D eigenvalue weighted by molar-refractivity contribution is 5.96. The van der Waals surface area contributed by atoms with Crippen LogP contribution in [0.4, 0.5) is 4.39 Å². The summed E-state index contributed by atoms with van der Waals surface area (Å²) < 4.78 is 12.9. The van der Waals surface area contributed by atoms with Gasteiger partial charge in [-0.25, -0.2) is 4.39 Å². The predicted octanol–water partition coefficient (Wildman–Crippen LogP) is 3.67. The van der Waals surface area contributed by atoms with E-state index in [0.29, 0.717) is 17.5 Å². The largest absolute Gasteiger partial charge is 0.294 e. The van der Waals surface area contributed by atoms with E-state index in [0.717, 1.165) is 12.8 Å². The van der Waals surface area contributed by atoms with Crippen molar-refractivity contribution in [1.82, 2.24) is 0 Å². The number of rotatable bonds is 5. The number of allylic oxidation sites excluding steroid dienone is 1. The van der Waals surface area contributed by atoms with E-state index < -0.39 is 0 Å². The van der Waals surface area contributed by atoms with Crippen LogP contribution >= 0.6 is 0 Å². The van der Waals surface area contributed by atoms with Crippen LogP contribution in [0.2, 0.25) is 0 Å². The molecule has 1 rings (SSSR count). The highest BCUT2D eigenvalue weighted by Crippen LogP contribution is 2.12. The first kappa shape index (κ1) is 11.6. The molecule has 0 heterocycles. The van der Waals surface area contributed by atoms with E-state index in [1.54, 1.807) is 25.1 Å². The van der Waals surface area contributed by atoms with E-state index in [9.17, 15) is 9.18 Å². The van der Waals surface area contributed by atoms with Crippen molar-refractivity contribution < 1.29 is 9.18 Å². The minimum Gasteiger partial charge on any atom is -0.294 e. The monoisotopic (exact) mass is 206 g/mol. The summed E-state index contributed by atoms with van der Waals surface area (Å²) in [5.74, 6) is -0.197. The Hall–Kier alpha value is -1.44. The Morgan fingerprint density at radius 1 is 1.53 bits per heavy atom. The van der Waals surface area contributed by atoms with Crippen LogP contribution in [0.15, 0.2) is 30.9 Å². The number of carbonyl (C=O) groups excluding carboxylic acids is 1. The van der Waals surface area contributed by atoms with Gasteiger partial charge in [-0.1, -0.05) is 6.08 Å². The molecule has 2 heteroatoms. The van der Waals surface area contributed by atoms with Crippen LogP contribution in [0.5, 0.6) is 0 Å². The molecule has 0 fully saturated rings. The van der Waals surface area contributed by atoms with Gasteiger partial charge in [0, 0.05) is 12.0 Å². The zero-order chi connectivity index (χ0) is 11.3. The predicted molar refractivity (Wildman–Crippen MR) is 59.5 cm³/mol. The summed E-state index contributed by atoms with van der Waals surface area (Å²) >= 11 is 0. The Bertz CT molecular complexity index is 369. The highest BCUT2D eigenvalue weighted by atomic mass is 19.1. The van der Waals surface area contributed by atoms with Crippen molar-refractivity contribution in [3.05, 3.63) is 47.8 Å². The Labute approximate surface area is 89.6 Å². The second-order valence-electron chi connectivity index (χ2n) is 3.57. The molecule has 0 aliphatic rings. The van der Waals surface area contributed by atoms with Crippen molar-refractivity contribution in [3.8, 4) is 0 Å². The molecule has 0 saturated carbocycles. The van der Waals surface area contributed by atoms with Crippen molar-refractivity contribution in [1.29, 1.82) is 0 Å². The van der Waals surface area contributed by atoms with Crippen molar-refractivity contribution in [2.45, 2.75) is 26.2 Å². The van der Waals surface area contributed by atoms with Gasteiger partial charge in [0.2, 0.25) is 0 Å². The maximum atomic E-state index is 12.9. The maximum absolute atomic E-state index is 12.9. The average Bonchev–Trinajstić information content (AvgIpc) is 2.22. The minimum absolute atomic E-state index is 0.0694. The fourth-order valence-electron chi connectivity index (χ4n) is 1.37. The Balaban J connectivity index is 2.65. The second-order valence-corrected chi connectivity index (χ2v) is 3.57. The average molecular weight is 206 g/mol. The first-order valence-electron chi connectivity index (χ1n) is 5.05. The molecular formula is C13H15FO. The van der Waals surface area contributed by atoms with Crippen molar-refractivity contribution in [2.24, 2.45) is 0 Å². The number of benzene rings is 1. The summed E-state index contributed by atoms with van der Waals surface area (Å²) in [5, 5.41) is 0. The van der Waals surface area contributed by atoms with E-state index in [2.05, 4.69) is 6.58 Å². The molecule has 0 bridgehead atoms. The van der Waals surface area contributed by atoms with Crippen LogP contribution in [-0.2, 0) is 0 Å². The summed E-state index contributed by atoms with van der Waals surface area (Å²) in [6.07, 6.45) is 3.94. The fraction of sp³-hybridized carbons (Fsp3) is 0.308. The van der Waals surface area contributed by atoms with Gasteiger partial charge in [-0.2, -0.15) is 0 Å². The summed E-state index contributed by atoms with van der Waals surface area (Å²) in [6.45, 7) is 5.26. The van der Waals surface area contributed by atoms with Gasteiger partial charge in [-0.15, -0.1) is 6.58 Å². The molecule has 1 aromatic rings. The molecule has 0 saturated heterocycles. The van der Waals surface area contributed by atoms with Gasteiger partial charge >= 0.3 is 0 Å². The third-order valence-electron chi connectivity index (χ3n) is 2.29. The summed E-state index contributed by atoms with van der Waals surface area (Å²) in [7, 11) is 0. The molecule has 80 valence electrons. The maximum Gasteiger partial charge on any atom is 0.162 e. The number of Topliss-reactive ketones (excluding diaryl/α,β-unsaturated/α-hetero) is 1. The topological polar surface area (TPSA) is 17.1 Å². The van der Waals surface area contributed by atoms with Gasteiger partial charge in [0.25, 0.3) is 0 Å². The number of aryl methyl sites for hydroxylation is 1. The molecule has 0 amide bonds. The van der Waals surface area contributed by atoms with E-state index in [-0.39, 0.29) is 11.6 Å². The molecule has 0 radical (unpaired) electrons. The molecule has 0 atom stereocenters. The van der Waals surface area contributed by atoms with Crippen LogP contribution < -0.4 is 0 Å². The van der Waals surface area contributed by atoms with Gasteiger partial charge in [0.1, 0.15) is 5.82 Å². The molecule has 1 aromatic carbocycles. The zero-order valence-electron chi connectivity index (χ0n) is 8.92. The lowest BCUT2D eigenvalue weighted by atomic mass is 10.0. The molecule has 15 heavy (non-hydrogen) atoms. The first-order valence-corrected chi connectivity index (χ1v) is 5.05. The van der Waals surface area contributed by atoms with Gasteiger partial charge in [-0.3, -0.25) is 4.79 Å². The fourth-order valence-corrected chi connectivity index (χ4v) is 1.37. The van der Waals surface area contributed by atoms with Crippen LogP contribution in [-0.4, -0.2) is 5.78 Å². The van der Waals surface area contributed by atoms with E-state index in [4.69, 9.17) is 0 Å². The van der Waals surface area contributed by atoms with Crippen LogP contribution in [0.1, 0.15) is 35.2 Å². The Morgan fingerprint density at radius 2 is 2.27 bits per heavy atom. The third-order valence-corrected chi connectivity index (χ3v) is 2.29. The van der Waals surface area contributed by atoms with Gasteiger partial charge < -0.3 is 0 Å². The highest BCUT2D eigenvalue weighted by Gasteiger charge is 2.06. The second kappa shape index (κ2) is 5.44. The number of hydrogen-bond acceptors (Lipinski definition) is 1. The number of hydrogen-bond donors (Lipinski definition) is 0. The molecule has 0 N–H and O–H groups in total. The standard InChI is InChI=1S/C13H15FO/c1-3-4-5-6-13(15)11-7-8-12(14)10(2)9-11/h3,7-9H,1,4-6H2,2H3. The normalized spacial score (nSPS) is 10.0. The molecule has 0 spiro atoms.